The third-order valence-electron chi connectivity index (χ3n) is 4.29. The Bertz CT molecular complexity index is 797. The summed E-state index contributed by atoms with van der Waals surface area (Å²) < 4.78 is 10.7. The molecule has 2 aromatic rings. The largest absolute Gasteiger partial charge is 0.459 e. The highest BCUT2D eigenvalue weighted by Crippen LogP contribution is 2.12. The standard InChI is InChI=1S/C24H31NO5/c1-24(2,3)30-23(28)25-21(22(27)29-17-20-8-5-4-6-9-20)16-19-13-11-18(12-14-19)10-7-15-26/h4-6,8-9,11-14,21,26H,7,10,15-17H2,1-3H3,(H,25,28)/t21-/m0/s1. The van der Waals surface area contributed by atoms with Crippen LogP contribution in [0.25, 0.3) is 0 Å². The molecule has 1 amide bonds. The van der Waals surface area contributed by atoms with Crippen molar-refractivity contribution in [1.29, 1.82) is 0 Å². The molecule has 6 nitrogen and oxygen atoms in total. The molecule has 0 spiro atoms. The fraction of sp³-hybridized carbons (Fsp3) is 0.417. The monoisotopic (exact) mass is 413 g/mol. The Morgan fingerprint density at radius 3 is 2.20 bits per heavy atom. The molecule has 0 aliphatic heterocycles. The Kier molecular flexibility index (Phi) is 8.87. The van der Waals surface area contributed by atoms with Crippen molar-refractivity contribution in [1.82, 2.24) is 5.32 Å². The number of aliphatic hydroxyl groups excluding tert-OH is 1. The van der Waals surface area contributed by atoms with Gasteiger partial charge in [0.25, 0.3) is 0 Å². The summed E-state index contributed by atoms with van der Waals surface area (Å²) in [5.41, 5.74) is 2.20. The minimum atomic E-state index is -0.869. The van der Waals surface area contributed by atoms with Crippen molar-refractivity contribution in [3.63, 3.8) is 0 Å². The van der Waals surface area contributed by atoms with E-state index in [1.807, 2.05) is 54.6 Å². The molecule has 162 valence electrons. The van der Waals surface area contributed by atoms with Gasteiger partial charge in [-0.3, -0.25) is 0 Å². The van der Waals surface area contributed by atoms with Crippen LogP contribution in [0.5, 0.6) is 0 Å². The van der Waals surface area contributed by atoms with Gasteiger partial charge in [-0.2, -0.15) is 0 Å². The normalized spacial score (nSPS) is 12.1. The number of alkyl carbamates (subject to hydrolysis) is 1. The van der Waals surface area contributed by atoms with Gasteiger partial charge in [-0.1, -0.05) is 54.6 Å². The van der Waals surface area contributed by atoms with Crippen LogP contribution in [-0.4, -0.2) is 35.4 Å². The molecule has 0 unspecified atom stereocenters. The molecule has 2 aromatic carbocycles. The van der Waals surface area contributed by atoms with Crippen LogP contribution in [0.4, 0.5) is 4.79 Å². The average Bonchev–Trinajstić information content (AvgIpc) is 2.70. The van der Waals surface area contributed by atoms with Gasteiger partial charge in [-0.15, -0.1) is 0 Å². The van der Waals surface area contributed by atoms with Crippen molar-refractivity contribution in [3.05, 3.63) is 71.3 Å². The van der Waals surface area contributed by atoms with Crippen molar-refractivity contribution < 1.29 is 24.2 Å². The van der Waals surface area contributed by atoms with E-state index in [0.29, 0.717) is 6.42 Å². The van der Waals surface area contributed by atoms with Crippen molar-refractivity contribution in [2.45, 2.75) is 58.3 Å². The van der Waals surface area contributed by atoms with Gasteiger partial charge in [0.1, 0.15) is 18.2 Å². The van der Waals surface area contributed by atoms with E-state index in [0.717, 1.165) is 23.1 Å². The van der Waals surface area contributed by atoms with Crippen molar-refractivity contribution in [2.24, 2.45) is 0 Å². The topological polar surface area (TPSA) is 84.9 Å². The first-order valence-electron chi connectivity index (χ1n) is 10.2. The van der Waals surface area contributed by atoms with Gasteiger partial charge in [0.2, 0.25) is 0 Å². The Labute approximate surface area is 178 Å². The number of carbonyl (C=O) groups is 2. The lowest BCUT2D eigenvalue weighted by molar-refractivity contribution is -0.147. The first kappa shape index (κ1) is 23.4. The second-order valence-electron chi connectivity index (χ2n) is 8.14. The van der Waals surface area contributed by atoms with E-state index < -0.39 is 23.7 Å². The van der Waals surface area contributed by atoms with Gasteiger partial charge in [0.05, 0.1) is 0 Å². The van der Waals surface area contributed by atoms with Crippen LogP contribution in [-0.2, 0) is 33.7 Å². The van der Waals surface area contributed by atoms with Crippen LogP contribution in [0.3, 0.4) is 0 Å². The molecule has 0 saturated heterocycles. The van der Waals surface area contributed by atoms with Crippen LogP contribution in [0.1, 0.15) is 43.9 Å². The minimum absolute atomic E-state index is 0.131. The lowest BCUT2D eigenvalue weighted by Crippen LogP contribution is -2.45. The first-order chi connectivity index (χ1) is 14.3. The Balaban J connectivity index is 2.05. The summed E-state index contributed by atoms with van der Waals surface area (Å²) in [6.07, 6.45) is 1.11. The van der Waals surface area contributed by atoms with Gasteiger partial charge in [0.15, 0.2) is 0 Å². The average molecular weight is 414 g/mol. The van der Waals surface area contributed by atoms with E-state index in [2.05, 4.69) is 5.32 Å². The van der Waals surface area contributed by atoms with Gasteiger partial charge >= 0.3 is 12.1 Å². The highest BCUT2D eigenvalue weighted by atomic mass is 16.6. The molecular formula is C24H31NO5. The quantitative estimate of drug-likeness (QED) is 0.611. The number of rotatable bonds is 9. The molecular weight excluding hydrogens is 382 g/mol. The molecule has 6 heteroatoms. The zero-order valence-corrected chi connectivity index (χ0v) is 17.9. The number of amides is 1. The van der Waals surface area contributed by atoms with Crippen LogP contribution < -0.4 is 5.32 Å². The molecule has 0 radical (unpaired) electrons. The van der Waals surface area contributed by atoms with Crippen molar-refractivity contribution in [2.75, 3.05) is 6.61 Å². The van der Waals surface area contributed by atoms with E-state index in [1.54, 1.807) is 20.8 Å². The number of hydrogen-bond donors (Lipinski definition) is 2. The Morgan fingerprint density at radius 1 is 0.967 bits per heavy atom. The summed E-state index contributed by atoms with van der Waals surface area (Å²) in [4.78, 5) is 25.0. The lowest BCUT2D eigenvalue weighted by atomic mass is 10.0. The summed E-state index contributed by atoms with van der Waals surface area (Å²) in [6, 6.07) is 16.3. The molecule has 2 rings (SSSR count). The van der Waals surface area contributed by atoms with Crippen molar-refractivity contribution >= 4 is 12.1 Å². The summed E-state index contributed by atoms with van der Waals surface area (Å²) in [5, 5.41) is 11.6. The lowest BCUT2D eigenvalue weighted by Gasteiger charge is -2.23. The molecule has 1 atom stereocenters. The summed E-state index contributed by atoms with van der Waals surface area (Å²) in [6.45, 7) is 5.57. The zero-order chi connectivity index (χ0) is 22.0. The van der Waals surface area contributed by atoms with E-state index in [4.69, 9.17) is 14.6 Å². The smallest absolute Gasteiger partial charge is 0.408 e. The number of benzene rings is 2. The third kappa shape index (κ3) is 8.66. The number of aryl methyl sites for hydroxylation is 1. The number of nitrogens with one attached hydrogen (secondary N) is 1. The summed E-state index contributed by atoms with van der Waals surface area (Å²) in [5.74, 6) is -0.519. The number of hydrogen-bond acceptors (Lipinski definition) is 5. The molecule has 0 aromatic heterocycles. The zero-order valence-electron chi connectivity index (χ0n) is 17.9. The molecule has 2 N–H and O–H groups in total. The van der Waals surface area contributed by atoms with Crippen LogP contribution in [0, 0.1) is 0 Å². The molecule has 0 fully saturated rings. The van der Waals surface area contributed by atoms with E-state index in [1.165, 1.54) is 0 Å². The molecule has 0 aliphatic rings. The van der Waals surface area contributed by atoms with Gasteiger partial charge in [0, 0.05) is 13.0 Å². The number of carbonyl (C=O) groups excluding carboxylic acids is 2. The third-order valence-corrected chi connectivity index (χ3v) is 4.29. The van der Waals surface area contributed by atoms with Crippen LogP contribution >= 0.6 is 0 Å². The second kappa shape index (κ2) is 11.4. The minimum Gasteiger partial charge on any atom is -0.459 e. The number of esters is 1. The summed E-state index contributed by atoms with van der Waals surface area (Å²) in [7, 11) is 0. The molecule has 0 heterocycles. The fourth-order valence-corrected chi connectivity index (χ4v) is 2.83. The fourth-order valence-electron chi connectivity index (χ4n) is 2.83. The molecule has 0 aliphatic carbocycles. The van der Waals surface area contributed by atoms with E-state index in [-0.39, 0.29) is 19.6 Å². The second-order valence-corrected chi connectivity index (χ2v) is 8.14. The van der Waals surface area contributed by atoms with E-state index in [9.17, 15) is 9.59 Å². The first-order valence-corrected chi connectivity index (χ1v) is 10.2. The Hall–Kier alpha value is -2.86. The van der Waals surface area contributed by atoms with Crippen LogP contribution in [0.15, 0.2) is 54.6 Å². The predicted octanol–water partition coefficient (Wildman–Crippen LogP) is 3.79. The van der Waals surface area contributed by atoms with E-state index >= 15 is 0 Å². The number of aliphatic hydroxyl groups is 1. The van der Waals surface area contributed by atoms with Crippen LogP contribution in [0.2, 0.25) is 0 Å². The SMILES string of the molecule is CC(C)(C)OC(=O)N[C@@H](Cc1ccc(CCCO)cc1)C(=O)OCc1ccccc1. The molecule has 0 bridgehead atoms. The van der Waals surface area contributed by atoms with Gasteiger partial charge in [-0.25, -0.2) is 9.59 Å². The highest BCUT2D eigenvalue weighted by molar-refractivity contribution is 5.81. The maximum atomic E-state index is 12.7. The molecule has 0 saturated carbocycles. The maximum Gasteiger partial charge on any atom is 0.408 e. The molecule has 30 heavy (non-hydrogen) atoms. The maximum absolute atomic E-state index is 12.7. The number of ether oxygens (including phenoxy) is 2. The van der Waals surface area contributed by atoms with Crippen molar-refractivity contribution in [3.8, 4) is 0 Å². The Morgan fingerprint density at radius 2 is 1.60 bits per heavy atom. The predicted molar refractivity (Wildman–Crippen MR) is 115 cm³/mol. The highest BCUT2D eigenvalue weighted by Gasteiger charge is 2.26. The summed E-state index contributed by atoms with van der Waals surface area (Å²) >= 11 is 0. The van der Waals surface area contributed by atoms with Gasteiger partial charge < -0.3 is 19.9 Å². The van der Waals surface area contributed by atoms with Gasteiger partial charge in [-0.05, 0) is 50.3 Å².